The van der Waals surface area contributed by atoms with Gasteiger partial charge in [0, 0.05) is 24.2 Å². The first-order chi connectivity index (χ1) is 8.95. The van der Waals surface area contributed by atoms with Crippen molar-refractivity contribution in [1.29, 1.82) is 0 Å². The van der Waals surface area contributed by atoms with E-state index in [1.807, 2.05) is 6.92 Å². The Balaban J connectivity index is 2.25. The van der Waals surface area contributed by atoms with Crippen LogP contribution < -0.4 is 5.73 Å². The molecule has 1 aliphatic rings. The van der Waals surface area contributed by atoms with E-state index < -0.39 is 10.0 Å². The van der Waals surface area contributed by atoms with E-state index in [9.17, 15) is 8.42 Å². The zero-order valence-corrected chi connectivity index (χ0v) is 12.5. The minimum absolute atomic E-state index is 0.0933. The lowest BCUT2D eigenvalue weighted by Gasteiger charge is -2.35. The molecular weight excluding hydrogens is 284 g/mol. The molecule has 0 aromatic heterocycles. The van der Waals surface area contributed by atoms with Crippen molar-refractivity contribution in [3.63, 3.8) is 0 Å². The summed E-state index contributed by atoms with van der Waals surface area (Å²) in [5, 5.41) is 0.432. The van der Waals surface area contributed by atoms with Gasteiger partial charge >= 0.3 is 0 Å². The number of halogens is 1. The smallest absolute Gasteiger partial charge is 0.243 e. The van der Waals surface area contributed by atoms with Crippen LogP contribution >= 0.6 is 11.6 Å². The summed E-state index contributed by atoms with van der Waals surface area (Å²) in [7, 11) is -3.46. The summed E-state index contributed by atoms with van der Waals surface area (Å²) in [6.07, 6.45) is 1.60. The van der Waals surface area contributed by atoms with Gasteiger partial charge in [-0.1, -0.05) is 31.0 Å². The standard InChI is InChI=1S/C13H19ClN2O2S/c1-2-10-9-16(7-6-13(10)15)19(17,18)12-5-3-4-11(14)8-12/h3-5,8,10,13H,2,6-7,9,15H2,1H3. The maximum absolute atomic E-state index is 12.5. The van der Waals surface area contributed by atoms with Crippen LogP contribution in [0.4, 0.5) is 0 Å². The van der Waals surface area contributed by atoms with Crippen LogP contribution in [-0.4, -0.2) is 31.9 Å². The minimum atomic E-state index is -3.46. The van der Waals surface area contributed by atoms with Gasteiger partial charge in [0.1, 0.15) is 0 Å². The number of nitrogens with two attached hydrogens (primary N) is 1. The third-order valence-corrected chi connectivity index (χ3v) is 5.81. The Morgan fingerprint density at radius 3 is 2.84 bits per heavy atom. The monoisotopic (exact) mass is 302 g/mol. The Kier molecular flexibility index (Phi) is 4.50. The summed E-state index contributed by atoms with van der Waals surface area (Å²) < 4.78 is 26.6. The third kappa shape index (κ3) is 3.11. The molecule has 0 saturated carbocycles. The van der Waals surface area contributed by atoms with E-state index in [0.29, 0.717) is 24.5 Å². The number of rotatable bonds is 3. The van der Waals surface area contributed by atoms with Crippen LogP contribution in [0, 0.1) is 5.92 Å². The van der Waals surface area contributed by atoms with Gasteiger partial charge in [0.15, 0.2) is 0 Å². The fraction of sp³-hybridized carbons (Fsp3) is 0.538. The fourth-order valence-electron chi connectivity index (χ4n) is 2.44. The Morgan fingerprint density at radius 2 is 2.21 bits per heavy atom. The van der Waals surface area contributed by atoms with Crippen LogP contribution in [-0.2, 0) is 10.0 Å². The average Bonchev–Trinajstić information content (AvgIpc) is 2.39. The van der Waals surface area contributed by atoms with Crippen molar-refractivity contribution in [2.75, 3.05) is 13.1 Å². The summed E-state index contributed by atoms with van der Waals surface area (Å²) >= 11 is 5.87. The Labute approximate surface area is 119 Å². The molecular formula is C13H19ClN2O2S. The van der Waals surface area contributed by atoms with Crippen LogP contribution in [0.25, 0.3) is 0 Å². The maximum atomic E-state index is 12.5. The van der Waals surface area contributed by atoms with Crippen molar-refractivity contribution in [2.24, 2.45) is 11.7 Å². The molecule has 6 heteroatoms. The number of hydrogen-bond donors (Lipinski definition) is 1. The normalized spacial score (nSPS) is 25.4. The summed E-state index contributed by atoms with van der Waals surface area (Å²) in [5.74, 6) is 0.225. The Morgan fingerprint density at radius 1 is 1.47 bits per heavy atom. The van der Waals surface area contributed by atoms with Crippen molar-refractivity contribution >= 4 is 21.6 Å². The van der Waals surface area contributed by atoms with Crippen LogP contribution in [0.15, 0.2) is 29.2 Å². The second kappa shape index (κ2) is 5.79. The van der Waals surface area contributed by atoms with Crippen molar-refractivity contribution in [3.05, 3.63) is 29.3 Å². The van der Waals surface area contributed by atoms with Crippen molar-refractivity contribution in [2.45, 2.75) is 30.7 Å². The molecule has 106 valence electrons. The lowest BCUT2D eigenvalue weighted by atomic mass is 9.92. The molecule has 4 nitrogen and oxygen atoms in total. The molecule has 1 aromatic rings. The van der Waals surface area contributed by atoms with Crippen molar-refractivity contribution < 1.29 is 8.42 Å². The Hall–Kier alpha value is -0.620. The summed E-state index contributed by atoms with van der Waals surface area (Å²) in [4.78, 5) is 0.255. The van der Waals surface area contributed by atoms with Crippen LogP contribution in [0.5, 0.6) is 0 Å². The molecule has 1 saturated heterocycles. The van der Waals surface area contributed by atoms with Crippen LogP contribution in [0.2, 0.25) is 5.02 Å². The SMILES string of the molecule is CCC1CN(S(=O)(=O)c2cccc(Cl)c2)CCC1N. The molecule has 1 aliphatic heterocycles. The molecule has 1 heterocycles. The zero-order valence-electron chi connectivity index (χ0n) is 10.9. The number of benzene rings is 1. The molecule has 2 rings (SSSR count). The maximum Gasteiger partial charge on any atom is 0.243 e. The summed E-state index contributed by atoms with van der Waals surface area (Å²) in [6.45, 7) is 3.01. The van der Waals surface area contributed by atoms with Gasteiger partial charge in [-0.3, -0.25) is 0 Å². The molecule has 19 heavy (non-hydrogen) atoms. The molecule has 2 unspecified atom stereocenters. The number of sulfonamides is 1. The topological polar surface area (TPSA) is 63.4 Å². The van der Waals surface area contributed by atoms with Gasteiger partial charge in [0.25, 0.3) is 0 Å². The van der Waals surface area contributed by atoms with Gasteiger partial charge in [-0.25, -0.2) is 8.42 Å². The second-order valence-corrected chi connectivity index (χ2v) is 7.32. The molecule has 0 radical (unpaired) electrons. The predicted molar refractivity (Wildman–Crippen MR) is 76.6 cm³/mol. The van der Waals surface area contributed by atoms with E-state index in [1.54, 1.807) is 18.2 Å². The fourth-order valence-corrected chi connectivity index (χ4v) is 4.26. The molecule has 0 spiro atoms. The molecule has 1 aromatic carbocycles. The van der Waals surface area contributed by atoms with E-state index in [4.69, 9.17) is 17.3 Å². The molecule has 0 amide bonds. The Bertz CT molecular complexity index is 547. The predicted octanol–water partition coefficient (Wildman–Crippen LogP) is 2.09. The number of piperidine rings is 1. The quantitative estimate of drug-likeness (QED) is 0.930. The van der Waals surface area contributed by atoms with Crippen molar-refractivity contribution in [3.8, 4) is 0 Å². The van der Waals surface area contributed by atoms with Gasteiger partial charge in [-0.05, 0) is 30.5 Å². The largest absolute Gasteiger partial charge is 0.327 e. The van der Waals surface area contributed by atoms with E-state index in [-0.39, 0.29) is 16.9 Å². The number of hydrogen-bond acceptors (Lipinski definition) is 3. The van der Waals surface area contributed by atoms with Crippen LogP contribution in [0.1, 0.15) is 19.8 Å². The average molecular weight is 303 g/mol. The van der Waals surface area contributed by atoms with Gasteiger partial charge in [0.05, 0.1) is 4.90 Å². The highest BCUT2D eigenvalue weighted by Gasteiger charge is 2.33. The van der Waals surface area contributed by atoms with Crippen molar-refractivity contribution in [1.82, 2.24) is 4.31 Å². The van der Waals surface area contributed by atoms with Gasteiger partial charge in [0.2, 0.25) is 10.0 Å². The van der Waals surface area contributed by atoms with E-state index in [0.717, 1.165) is 6.42 Å². The van der Waals surface area contributed by atoms with E-state index in [2.05, 4.69) is 0 Å². The molecule has 0 bridgehead atoms. The highest BCUT2D eigenvalue weighted by atomic mass is 35.5. The third-order valence-electron chi connectivity index (χ3n) is 3.71. The highest BCUT2D eigenvalue weighted by molar-refractivity contribution is 7.89. The van der Waals surface area contributed by atoms with Gasteiger partial charge < -0.3 is 5.73 Å². The number of nitrogens with zero attached hydrogens (tertiary/aromatic N) is 1. The lowest BCUT2D eigenvalue weighted by molar-refractivity contribution is 0.230. The summed E-state index contributed by atoms with van der Waals surface area (Å²) in [5.41, 5.74) is 6.02. The van der Waals surface area contributed by atoms with Gasteiger partial charge in [-0.15, -0.1) is 0 Å². The first kappa shape index (κ1) is 14.8. The first-order valence-electron chi connectivity index (χ1n) is 6.46. The molecule has 0 aliphatic carbocycles. The van der Waals surface area contributed by atoms with E-state index in [1.165, 1.54) is 10.4 Å². The second-order valence-electron chi connectivity index (χ2n) is 4.94. The minimum Gasteiger partial charge on any atom is -0.327 e. The van der Waals surface area contributed by atoms with Gasteiger partial charge in [-0.2, -0.15) is 4.31 Å². The molecule has 1 fully saturated rings. The highest BCUT2D eigenvalue weighted by Crippen LogP contribution is 2.26. The van der Waals surface area contributed by atoms with Crippen LogP contribution in [0.3, 0.4) is 0 Å². The lowest BCUT2D eigenvalue weighted by Crippen LogP contribution is -2.48. The molecule has 2 N–H and O–H groups in total. The molecule has 2 atom stereocenters. The van der Waals surface area contributed by atoms with E-state index >= 15 is 0 Å². The summed E-state index contributed by atoms with van der Waals surface area (Å²) in [6, 6.07) is 6.49. The first-order valence-corrected chi connectivity index (χ1v) is 8.28. The zero-order chi connectivity index (χ0) is 14.0.